The second kappa shape index (κ2) is 9.28. The summed E-state index contributed by atoms with van der Waals surface area (Å²) < 4.78 is 16.1. The average molecular weight is 454 g/mol. The maximum absolute atomic E-state index is 13.5. The number of allylic oxidation sites excluding steroid dienone is 2. The van der Waals surface area contributed by atoms with E-state index in [4.69, 9.17) is 19.2 Å². The molecule has 6 nitrogen and oxygen atoms in total. The molecule has 0 radical (unpaired) electrons. The third-order valence-corrected chi connectivity index (χ3v) is 7.11. The van der Waals surface area contributed by atoms with Gasteiger partial charge in [0, 0.05) is 34.2 Å². The Kier molecular flexibility index (Phi) is 6.46. The van der Waals surface area contributed by atoms with Crippen molar-refractivity contribution in [3.63, 3.8) is 0 Å². The molecule has 1 aromatic carbocycles. The molecule has 0 N–H and O–H groups in total. The summed E-state index contributed by atoms with van der Waals surface area (Å²) in [5.41, 5.74) is 3.14. The zero-order valence-electron chi connectivity index (χ0n) is 18.7. The summed E-state index contributed by atoms with van der Waals surface area (Å²) in [5.74, 6) is 0.0674. The molecule has 7 heteroatoms. The number of ketones is 1. The predicted molar refractivity (Wildman–Crippen MR) is 124 cm³/mol. The molecule has 0 bridgehead atoms. The smallest absolute Gasteiger partial charge is 0.315 e. The number of nitrogens with zero attached hydrogens (tertiary/aromatic N) is 1. The summed E-state index contributed by atoms with van der Waals surface area (Å²) >= 11 is 1.56. The number of carbonyl (C=O) groups excluding carboxylic acids is 2. The van der Waals surface area contributed by atoms with Crippen LogP contribution in [-0.2, 0) is 14.3 Å². The van der Waals surface area contributed by atoms with Gasteiger partial charge in [-0.2, -0.15) is 0 Å². The predicted octanol–water partition coefficient (Wildman–Crippen LogP) is 4.90. The van der Waals surface area contributed by atoms with Crippen LogP contribution in [0.4, 0.5) is 0 Å². The number of aliphatic imine (C=N–C) groups is 1. The van der Waals surface area contributed by atoms with Crippen molar-refractivity contribution >= 4 is 28.8 Å². The average Bonchev–Trinajstić information content (AvgIpc) is 3.32. The number of hydrogen-bond acceptors (Lipinski definition) is 7. The van der Waals surface area contributed by atoms with E-state index in [-0.39, 0.29) is 23.6 Å². The van der Waals surface area contributed by atoms with Crippen LogP contribution < -0.4 is 9.47 Å². The first-order chi connectivity index (χ1) is 15.5. The van der Waals surface area contributed by atoms with Gasteiger partial charge in [-0.3, -0.25) is 14.6 Å². The fourth-order valence-corrected chi connectivity index (χ4v) is 5.59. The molecule has 2 heterocycles. The van der Waals surface area contributed by atoms with Gasteiger partial charge in [-0.1, -0.05) is 12.1 Å². The fourth-order valence-electron chi connectivity index (χ4n) is 4.72. The van der Waals surface area contributed by atoms with Crippen LogP contribution in [-0.4, -0.2) is 38.3 Å². The van der Waals surface area contributed by atoms with Crippen molar-refractivity contribution in [2.45, 2.75) is 38.5 Å². The van der Waals surface area contributed by atoms with Crippen molar-refractivity contribution in [3.05, 3.63) is 57.4 Å². The number of ether oxygens (including phenoxy) is 3. The van der Waals surface area contributed by atoms with E-state index >= 15 is 0 Å². The molecule has 2 aliphatic rings. The monoisotopic (exact) mass is 453 g/mol. The summed E-state index contributed by atoms with van der Waals surface area (Å²) in [7, 11) is 3.20. The van der Waals surface area contributed by atoms with Gasteiger partial charge in [0.25, 0.3) is 0 Å². The van der Waals surface area contributed by atoms with Gasteiger partial charge in [0.05, 0.1) is 20.8 Å². The van der Waals surface area contributed by atoms with Gasteiger partial charge in [-0.15, -0.1) is 11.3 Å². The van der Waals surface area contributed by atoms with Crippen molar-refractivity contribution in [1.29, 1.82) is 0 Å². The number of benzene rings is 1. The molecule has 2 aromatic rings. The minimum absolute atomic E-state index is 0.0132. The molecule has 1 aliphatic carbocycles. The Balaban J connectivity index is 1.74. The summed E-state index contributed by atoms with van der Waals surface area (Å²) in [6, 6.07) is 9.70. The molecule has 1 aliphatic heterocycles. The first-order valence-electron chi connectivity index (χ1n) is 10.7. The quantitative estimate of drug-likeness (QED) is 0.582. The number of carbonyl (C=O) groups is 2. The van der Waals surface area contributed by atoms with Crippen LogP contribution in [0.3, 0.4) is 0 Å². The lowest BCUT2D eigenvalue weighted by atomic mass is 9.71. The Bertz CT molecular complexity index is 1090. The SMILES string of the molecule is CCOC(=O)C1C(C)=NC2=C(C(=O)C[C@@H](c3ccc(OC)c(OC)c3)C2)[C@H]1c1cccs1. The first kappa shape index (κ1) is 22.3. The van der Waals surface area contributed by atoms with Crippen molar-refractivity contribution in [1.82, 2.24) is 0 Å². The fraction of sp³-hybridized carbons (Fsp3) is 0.400. The van der Waals surface area contributed by atoms with E-state index in [1.165, 1.54) is 0 Å². The molecule has 1 unspecified atom stereocenters. The van der Waals surface area contributed by atoms with Crippen LogP contribution >= 0.6 is 11.3 Å². The Morgan fingerprint density at radius 3 is 2.59 bits per heavy atom. The lowest BCUT2D eigenvalue weighted by molar-refractivity contribution is -0.146. The Morgan fingerprint density at radius 2 is 1.94 bits per heavy atom. The van der Waals surface area contributed by atoms with Crippen molar-refractivity contribution in [2.75, 3.05) is 20.8 Å². The number of esters is 1. The second-order valence-electron chi connectivity index (χ2n) is 7.98. The molecule has 0 saturated heterocycles. The highest BCUT2D eigenvalue weighted by Gasteiger charge is 2.45. The van der Waals surface area contributed by atoms with Gasteiger partial charge in [0.15, 0.2) is 17.3 Å². The van der Waals surface area contributed by atoms with E-state index in [1.54, 1.807) is 32.5 Å². The van der Waals surface area contributed by atoms with Gasteiger partial charge in [0.2, 0.25) is 0 Å². The number of thiophene rings is 1. The molecule has 32 heavy (non-hydrogen) atoms. The zero-order chi connectivity index (χ0) is 22.8. The van der Waals surface area contributed by atoms with Gasteiger partial charge >= 0.3 is 5.97 Å². The minimum atomic E-state index is -0.575. The van der Waals surface area contributed by atoms with Gasteiger partial charge in [0.1, 0.15) is 5.92 Å². The lowest BCUT2D eigenvalue weighted by Crippen LogP contribution is -2.37. The Morgan fingerprint density at radius 1 is 1.16 bits per heavy atom. The third kappa shape index (κ3) is 3.97. The van der Waals surface area contributed by atoms with E-state index < -0.39 is 5.92 Å². The molecule has 0 amide bonds. The standard InChI is InChI=1S/C25H27NO5S/c1-5-31-25(28)22-14(2)26-17-11-16(15-8-9-19(29-3)20(13-15)30-4)12-18(27)23(17)24(22)21-7-6-10-32-21/h6-10,13,16,22,24H,5,11-12H2,1-4H3/t16-,22?,24-/m0/s1. The van der Waals surface area contributed by atoms with E-state index in [2.05, 4.69) is 0 Å². The molecule has 0 spiro atoms. The van der Waals surface area contributed by atoms with E-state index in [0.717, 1.165) is 16.1 Å². The molecule has 4 rings (SSSR count). The highest BCUT2D eigenvalue weighted by molar-refractivity contribution is 7.10. The largest absolute Gasteiger partial charge is 0.493 e. The van der Waals surface area contributed by atoms with E-state index in [0.29, 0.717) is 42.2 Å². The van der Waals surface area contributed by atoms with Crippen LogP contribution in [0.25, 0.3) is 0 Å². The molecule has 3 atom stereocenters. The second-order valence-corrected chi connectivity index (χ2v) is 8.96. The summed E-state index contributed by atoms with van der Waals surface area (Å²) in [5, 5.41) is 1.97. The van der Waals surface area contributed by atoms with E-state index in [9.17, 15) is 9.59 Å². The number of methoxy groups -OCH3 is 2. The molecule has 0 fully saturated rings. The first-order valence-corrected chi connectivity index (χ1v) is 11.6. The van der Waals surface area contributed by atoms with Crippen molar-refractivity contribution in [3.8, 4) is 11.5 Å². The highest BCUT2D eigenvalue weighted by Crippen LogP contribution is 2.48. The van der Waals surface area contributed by atoms with Crippen molar-refractivity contribution < 1.29 is 23.8 Å². The minimum Gasteiger partial charge on any atom is -0.493 e. The van der Waals surface area contributed by atoms with Gasteiger partial charge in [-0.05, 0) is 55.3 Å². The van der Waals surface area contributed by atoms with Gasteiger partial charge in [-0.25, -0.2) is 0 Å². The topological polar surface area (TPSA) is 74.2 Å². The maximum Gasteiger partial charge on any atom is 0.315 e. The number of Topliss-reactive ketones (excluding diaryl/α,β-unsaturated/α-hetero) is 1. The third-order valence-electron chi connectivity index (χ3n) is 6.16. The lowest BCUT2D eigenvalue weighted by Gasteiger charge is -2.36. The Hall–Kier alpha value is -2.93. The maximum atomic E-state index is 13.5. The number of rotatable bonds is 6. The van der Waals surface area contributed by atoms with Crippen LogP contribution in [0, 0.1) is 5.92 Å². The summed E-state index contributed by atoms with van der Waals surface area (Å²) in [4.78, 5) is 32.1. The summed E-state index contributed by atoms with van der Waals surface area (Å²) in [6.45, 7) is 3.94. The van der Waals surface area contributed by atoms with Crippen LogP contribution in [0.15, 0.2) is 52.0 Å². The molecule has 1 aromatic heterocycles. The van der Waals surface area contributed by atoms with Crippen molar-refractivity contribution in [2.24, 2.45) is 10.9 Å². The zero-order valence-corrected chi connectivity index (χ0v) is 19.5. The van der Waals surface area contributed by atoms with Crippen LogP contribution in [0.5, 0.6) is 11.5 Å². The number of hydrogen-bond donors (Lipinski definition) is 0. The summed E-state index contributed by atoms with van der Waals surface area (Å²) in [6.07, 6.45) is 0.992. The molecular weight excluding hydrogens is 426 g/mol. The van der Waals surface area contributed by atoms with E-state index in [1.807, 2.05) is 42.6 Å². The highest BCUT2D eigenvalue weighted by atomic mass is 32.1. The molecule has 168 valence electrons. The van der Waals surface area contributed by atoms with Crippen LogP contribution in [0.1, 0.15) is 49.0 Å². The normalized spacial score (nSPS) is 22.8. The Labute approximate surface area is 191 Å². The molecule has 0 saturated carbocycles. The van der Waals surface area contributed by atoms with Crippen LogP contribution in [0.2, 0.25) is 0 Å². The molecular formula is C25H27NO5S. The van der Waals surface area contributed by atoms with Gasteiger partial charge < -0.3 is 14.2 Å².